The Morgan fingerprint density at radius 3 is 2.63 bits per heavy atom. The van der Waals surface area contributed by atoms with Crippen molar-refractivity contribution in [3.63, 3.8) is 0 Å². The molecule has 0 fully saturated rings. The molecule has 0 amide bonds. The van der Waals surface area contributed by atoms with E-state index in [0.717, 1.165) is 6.08 Å². The Morgan fingerprint density at radius 1 is 1.32 bits per heavy atom. The van der Waals surface area contributed by atoms with Crippen LogP contribution in [0.25, 0.3) is 6.08 Å². The van der Waals surface area contributed by atoms with Crippen LogP contribution < -0.4 is 9.47 Å². The maximum absolute atomic E-state index is 11.1. The van der Waals surface area contributed by atoms with E-state index in [4.69, 9.17) is 14.6 Å². The monoisotopic (exact) mass is 266 g/mol. The minimum atomic E-state index is -1.08. The molecule has 0 saturated heterocycles. The zero-order valence-electron chi connectivity index (χ0n) is 10.6. The topological polar surface area (TPSA) is 82.1 Å². The average molecular weight is 266 g/mol. The van der Waals surface area contributed by atoms with Crippen LogP contribution in [0.1, 0.15) is 5.56 Å². The van der Waals surface area contributed by atoms with E-state index < -0.39 is 11.9 Å². The van der Waals surface area contributed by atoms with Gasteiger partial charge in [-0.05, 0) is 12.1 Å². The number of ether oxygens (including phenoxy) is 3. The summed E-state index contributed by atoms with van der Waals surface area (Å²) < 4.78 is 14.9. The molecule has 0 aliphatic carbocycles. The molecule has 0 aromatic heterocycles. The van der Waals surface area contributed by atoms with E-state index in [9.17, 15) is 9.59 Å². The van der Waals surface area contributed by atoms with Crippen molar-refractivity contribution in [3.8, 4) is 11.5 Å². The maximum Gasteiger partial charge on any atom is 0.343 e. The van der Waals surface area contributed by atoms with Gasteiger partial charge in [0.2, 0.25) is 0 Å². The van der Waals surface area contributed by atoms with Crippen molar-refractivity contribution in [1.82, 2.24) is 0 Å². The number of methoxy groups -OCH3 is 2. The minimum absolute atomic E-state index is 0.285. The second-order valence-corrected chi connectivity index (χ2v) is 3.42. The Bertz CT molecular complexity index is 492. The zero-order valence-corrected chi connectivity index (χ0v) is 10.6. The van der Waals surface area contributed by atoms with Gasteiger partial charge in [0.05, 0.1) is 14.2 Å². The molecule has 1 aromatic carbocycles. The fourth-order valence-corrected chi connectivity index (χ4v) is 1.33. The Kier molecular flexibility index (Phi) is 5.40. The minimum Gasteiger partial charge on any atom is -0.493 e. The summed E-state index contributed by atoms with van der Waals surface area (Å²) in [5.41, 5.74) is 0.491. The van der Waals surface area contributed by atoms with Crippen LogP contribution in [0.4, 0.5) is 0 Å². The molecular weight excluding hydrogens is 252 g/mol. The van der Waals surface area contributed by atoms with E-state index in [1.54, 1.807) is 18.2 Å². The van der Waals surface area contributed by atoms with Crippen molar-refractivity contribution in [2.75, 3.05) is 20.8 Å². The van der Waals surface area contributed by atoms with Crippen molar-refractivity contribution in [1.29, 1.82) is 0 Å². The molecule has 0 radical (unpaired) electrons. The van der Waals surface area contributed by atoms with Crippen LogP contribution in [0.2, 0.25) is 0 Å². The average Bonchev–Trinajstić information content (AvgIpc) is 2.42. The van der Waals surface area contributed by atoms with Crippen molar-refractivity contribution >= 4 is 18.0 Å². The van der Waals surface area contributed by atoms with Gasteiger partial charge in [0.1, 0.15) is 0 Å². The lowest BCUT2D eigenvalue weighted by Crippen LogP contribution is -2.13. The highest BCUT2D eigenvalue weighted by atomic mass is 16.6. The predicted octanol–water partition coefficient (Wildman–Crippen LogP) is 1.34. The molecule has 0 unspecified atom stereocenters. The van der Waals surface area contributed by atoms with Gasteiger partial charge in [0, 0.05) is 11.6 Å². The quantitative estimate of drug-likeness (QED) is 0.618. The van der Waals surface area contributed by atoms with Gasteiger partial charge < -0.3 is 19.3 Å². The van der Waals surface area contributed by atoms with Gasteiger partial charge in [0.15, 0.2) is 18.1 Å². The summed E-state index contributed by atoms with van der Waals surface area (Å²) in [4.78, 5) is 21.6. The number of carboxylic acid groups (broad SMARTS) is 1. The summed E-state index contributed by atoms with van der Waals surface area (Å²) in [5.74, 6) is -0.940. The van der Waals surface area contributed by atoms with Crippen LogP contribution in [0.15, 0.2) is 24.3 Å². The standard InChI is InChI=1S/C13H14O6/c1-17-10-5-3-4-9(6-7-11(14)15)13(10)19-8-12(16)18-2/h3-7H,8H2,1-2H3,(H,14,15)/b7-6+. The van der Waals surface area contributed by atoms with E-state index in [0.29, 0.717) is 11.3 Å². The van der Waals surface area contributed by atoms with Gasteiger partial charge in [-0.1, -0.05) is 12.1 Å². The second kappa shape index (κ2) is 7.05. The summed E-state index contributed by atoms with van der Waals surface area (Å²) in [6, 6.07) is 4.98. The van der Waals surface area contributed by atoms with E-state index in [2.05, 4.69) is 4.74 Å². The van der Waals surface area contributed by atoms with Gasteiger partial charge in [-0.25, -0.2) is 9.59 Å². The van der Waals surface area contributed by atoms with E-state index in [-0.39, 0.29) is 12.4 Å². The summed E-state index contributed by atoms with van der Waals surface area (Å²) >= 11 is 0. The molecule has 0 bridgehead atoms. The zero-order chi connectivity index (χ0) is 14.3. The van der Waals surface area contributed by atoms with E-state index in [1.807, 2.05) is 0 Å². The summed E-state index contributed by atoms with van der Waals surface area (Å²) in [6.45, 7) is -0.287. The van der Waals surface area contributed by atoms with Crippen molar-refractivity contribution < 1.29 is 28.9 Å². The fourth-order valence-electron chi connectivity index (χ4n) is 1.33. The molecular formula is C13H14O6. The molecule has 1 aromatic rings. The number of hydrogen-bond acceptors (Lipinski definition) is 5. The van der Waals surface area contributed by atoms with Crippen molar-refractivity contribution in [2.45, 2.75) is 0 Å². The molecule has 0 atom stereocenters. The lowest BCUT2D eigenvalue weighted by Gasteiger charge is -2.12. The second-order valence-electron chi connectivity index (χ2n) is 3.42. The van der Waals surface area contributed by atoms with E-state index in [1.165, 1.54) is 20.3 Å². The molecule has 6 heteroatoms. The molecule has 1 rings (SSSR count). The lowest BCUT2D eigenvalue weighted by molar-refractivity contribution is -0.143. The summed E-state index contributed by atoms with van der Waals surface area (Å²) in [7, 11) is 2.70. The smallest absolute Gasteiger partial charge is 0.343 e. The normalized spacial score (nSPS) is 10.2. The third-order valence-corrected chi connectivity index (χ3v) is 2.20. The first-order valence-corrected chi connectivity index (χ1v) is 5.36. The van der Waals surface area contributed by atoms with Crippen LogP contribution in [-0.2, 0) is 14.3 Å². The molecule has 19 heavy (non-hydrogen) atoms. The number of para-hydroxylation sites is 1. The van der Waals surface area contributed by atoms with Gasteiger partial charge in [0.25, 0.3) is 0 Å². The molecule has 6 nitrogen and oxygen atoms in total. The van der Waals surface area contributed by atoms with Crippen molar-refractivity contribution in [2.24, 2.45) is 0 Å². The SMILES string of the molecule is COC(=O)COc1c(/C=C/C(=O)O)cccc1OC. The number of hydrogen-bond donors (Lipinski definition) is 1. The molecule has 0 saturated carbocycles. The van der Waals surface area contributed by atoms with Crippen molar-refractivity contribution in [3.05, 3.63) is 29.8 Å². The molecule has 0 spiro atoms. The number of carbonyl (C=O) groups excluding carboxylic acids is 1. The number of carboxylic acids is 1. The lowest BCUT2D eigenvalue weighted by atomic mass is 10.1. The predicted molar refractivity (Wildman–Crippen MR) is 67.2 cm³/mol. The molecule has 0 aliphatic heterocycles. The van der Waals surface area contributed by atoms with Crippen LogP contribution in [0.3, 0.4) is 0 Å². The van der Waals surface area contributed by atoms with Crippen LogP contribution in [0.5, 0.6) is 11.5 Å². The Hall–Kier alpha value is -2.50. The Balaban J connectivity index is 3.02. The fraction of sp³-hybridized carbons (Fsp3) is 0.231. The van der Waals surface area contributed by atoms with E-state index >= 15 is 0 Å². The highest BCUT2D eigenvalue weighted by molar-refractivity contribution is 5.86. The number of carbonyl (C=O) groups is 2. The van der Waals surface area contributed by atoms with Gasteiger partial charge >= 0.3 is 11.9 Å². The first kappa shape index (κ1) is 14.6. The van der Waals surface area contributed by atoms with Gasteiger partial charge in [-0.15, -0.1) is 0 Å². The molecule has 1 N–H and O–H groups in total. The molecule has 102 valence electrons. The highest BCUT2D eigenvalue weighted by Gasteiger charge is 2.11. The first-order valence-electron chi connectivity index (χ1n) is 5.36. The maximum atomic E-state index is 11.1. The number of esters is 1. The van der Waals surface area contributed by atoms with Crippen LogP contribution >= 0.6 is 0 Å². The third kappa shape index (κ3) is 4.34. The van der Waals surface area contributed by atoms with Gasteiger partial charge in [-0.3, -0.25) is 0 Å². The molecule has 0 aliphatic rings. The van der Waals surface area contributed by atoms with Crippen LogP contribution in [-0.4, -0.2) is 37.9 Å². The Labute approximate surface area is 110 Å². The largest absolute Gasteiger partial charge is 0.493 e. The summed E-state index contributed by atoms with van der Waals surface area (Å²) in [6.07, 6.45) is 2.33. The third-order valence-electron chi connectivity index (χ3n) is 2.20. The van der Waals surface area contributed by atoms with Gasteiger partial charge in [-0.2, -0.15) is 0 Å². The summed E-state index contributed by atoms with van der Waals surface area (Å²) in [5, 5.41) is 8.62. The number of aliphatic carboxylic acids is 1. The number of benzene rings is 1. The first-order chi connectivity index (χ1) is 9.08. The number of rotatable bonds is 6. The van der Waals surface area contributed by atoms with Crippen LogP contribution in [0, 0.1) is 0 Å². The highest BCUT2D eigenvalue weighted by Crippen LogP contribution is 2.31. The molecule has 0 heterocycles. The Morgan fingerprint density at radius 2 is 2.05 bits per heavy atom.